The van der Waals surface area contributed by atoms with Gasteiger partial charge >= 0.3 is 0 Å². The van der Waals surface area contributed by atoms with E-state index < -0.39 is 0 Å². The second kappa shape index (κ2) is 9.20. The van der Waals surface area contributed by atoms with Crippen LogP contribution in [0.1, 0.15) is 18.9 Å². The Bertz CT molecular complexity index is 372. The molecule has 0 bridgehead atoms. The van der Waals surface area contributed by atoms with Gasteiger partial charge in [-0.25, -0.2) is 0 Å². The van der Waals surface area contributed by atoms with Gasteiger partial charge in [0, 0.05) is 31.1 Å². The van der Waals surface area contributed by atoms with E-state index in [0.717, 1.165) is 5.56 Å². The molecule has 0 aliphatic rings. The molecule has 1 rings (SSSR count). The van der Waals surface area contributed by atoms with E-state index in [4.69, 9.17) is 11.6 Å². The Morgan fingerprint density at radius 2 is 2.06 bits per heavy atom. The third-order valence-electron chi connectivity index (χ3n) is 2.64. The summed E-state index contributed by atoms with van der Waals surface area (Å²) in [6, 6.07) is 7.64. The Morgan fingerprint density at radius 1 is 1.39 bits per heavy atom. The average molecular weight is 291 g/mol. The number of nitrogens with zero attached hydrogens (tertiary/aromatic N) is 1. The van der Waals surface area contributed by atoms with Crippen LogP contribution in [-0.4, -0.2) is 30.9 Å². The molecule has 102 valence electrons. The third kappa shape index (κ3) is 5.25. The quantitative estimate of drug-likeness (QED) is 0.874. The molecule has 0 aromatic heterocycles. The zero-order valence-corrected chi connectivity index (χ0v) is 12.4. The van der Waals surface area contributed by atoms with Crippen LogP contribution < -0.4 is 5.32 Å². The summed E-state index contributed by atoms with van der Waals surface area (Å²) in [6.07, 6.45) is 0.523. The molecule has 0 aliphatic heterocycles. The Kier molecular flexibility index (Phi) is 8.81. The van der Waals surface area contributed by atoms with E-state index in [9.17, 15) is 4.79 Å². The van der Waals surface area contributed by atoms with Gasteiger partial charge in [0.2, 0.25) is 5.91 Å². The Hall–Kier alpha value is -0.770. The number of hydrogen-bond acceptors (Lipinski definition) is 2. The fourth-order valence-corrected chi connectivity index (χ4v) is 1.79. The molecule has 0 radical (unpaired) electrons. The van der Waals surface area contributed by atoms with Crippen molar-refractivity contribution in [1.29, 1.82) is 0 Å². The first-order chi connectivity index (χ1) is 8.19. The van der Waals surface area contributed by atoms with Crippen molar-refractivity contribution in [3.63, 3.8) is 0 Å². The monoisotopic (exact) mass is 290 g/mol. The first-order valence-corrected chi connectivity index (χ1v) is 6.22. The van der Waals surface area contributed by atoms with Gasteiger partial charge in [0.15, 0.2) is 0 Å². The lowest BCUT2D eigenvalue weighted by Gasteiger charge is -2.21. The Balaban J connectivity index is 0.00000289. The molecule has 1 amide bonds. The zero-order valence-electron chi connectivity index (χ0n) is 10.8. The first-order valence-electron chi connectivity index (χ1n) is 5.84. The molecule has 0 spiro atoms. The standard InChI is InChI=1S/C13H19ClN2O.ClH/c1-3-16(13(17)8-9-15-2)10-11-6-4-5-7-12(11)14;/h4-7,15H,3,8-10H2,1-2H3;1H. The maximum atomic E-state index is 11.9. The number of amides is 1. The minimum absolute atomic E-state index is 0. The predicted molar refractivity (Wildman–Crippen MR) is 78.3 cm³/mol. The minimum atomic E-state index is 0. The molecule has 3 nitrogen and oxygen atoms in total. The number of nitrogens with one attached hydrogen (secondary N) is 1. The molecular weight excluding hydrogens is 271 g/mol. The highest BCUT2D eigenvalue weighted by molar-refractivity contribution is 6.31. The van der Waals surface area contributed by atoms with Crippen LogP contribution in [0.15, 0.2) is 24.3 Å². The summed E-state index contributed by atoms with van der Waals surface area (Å²) in [5.41, 5.74) is 0.994. The van der Waals surface area contributed by atoms with Gasteiger partial charge in [0.05, 0.1) is 0 Å². The van der Waals surface area contributed by atoms with Crippen LogP contribution in [0.25, 0.3) is 0 Å². The van der Waals surface area contributed by atoms with Crippen molar-refractivity contribution in [2.45, 2.75) is 19.9 Å². The summed E-state index contributed by atoms with van der Waals surface area (Å²) in [6.45, 7) is 3.97. The maximum Gasteiger partial charge on any atom is 0.224 e. The van der Waals surface area contributed by atoms with Crippen molar-refractivity contribution in [1.82, 2.24) is 10.2 Å². The van der Waals surface area contributed by atoms with E-state index >= 15 is 0 Å². The molecule has 18 heavy (non-hydrogen) atoms. The topological polar surface area (TPSA) is 32.3 Å². The van der Waals surface area contributed by atoms with Crippen molar-refractivity contribution in [2.75, 3.05) is 20.1 Å². The van der Waals surface area contributed by atoms with Gasteiger partial charge in [0.25, 0.3) is 0 Å². The van der Waals surface area contributed by atoms with Crippen molar-refractivity contribution in [3.8, 4) is 0 Å². The molecular formula is C13H20Cl2N2O. The van der Waals surface area contributed by atoms with Gasteiger partial charge in [-0.05, 0) is 25.6 Å². The zero-order chi connectivity index (χ0) is 12.7. The van der Waals surface area contributed by atoms with Crippen molar-refractivity contribution in [2.24, 2.45) is 0 Å². The van der Waals surface area contributed by atoms with Crippen LogP contribution in [0.5, 0.6) is 0 Å². The van der Waals surface area contributed by atoms with Crippen molar-refractivity contribution in [3.05, 3.63) is 34.9 Å². The van der Waals surface area contributed by atoms with Crippen LogP contribution in [0, 0.1) is 0 Å². The second-order valence-corrected chi connectivity index (χ2v) is 4.26. The molecule has 0 unspecified atom stereocenters. The summed E-state index contributed by atoms with van der Waals surface area (Å²) in [5.74, 6) is 0.154. The molecule has 0 fully saturated rings. The molecule has 5 heteroatoms. The van der Waals surface area contributed by atoms with Crippen LogP contribution >= 0.6 is 24.0 Å². The van der Waals surface area contributed by atoms with E-state index in [2.05, 4.69) is 5.32 Å². The molecule has 0 saturated carbocycles. The highest BCUT2D eigenvalue weighted by Gasteiger charge is 2.12. The van der Waals surface area contributed by atoms with Gasteiger partial charge in [-0.15, -0.1) is 12.4 Å². The van der Waals surface area contributed by atoms with Crippen LogP contribution in [-0.2, 0) is 11.3 Å². The van der Waals surface area contributed by atoms with Crippen LogP contribution in [0.4, 0.5) is 0 Å². The molecule has 1 N–H and O–H groups in total. The van der Waals surface area contributed by atoms with Crippen molar-refractivity contribution < 1.29 is 4.79 Å². The minimum Gasteiger partial charge on any atom is -0.339 e. The Morgan fingerprint density at radius 3 is 2.61 bits per heavy atom. The third-order valence-corrected chi connectivity index (χ3v) is 3.01. The normalized spacial score (nSPS) is 9.72. The maximum absolute atomic E-state index is 11.9. The summed E-state index contributed by atoms with van der Waals surface area (Å²) in [4.78, 5) is 13.7. The van der Waals surface area contributed by atoms with Crippen LogP contribution in [0.2, 0.25) is 5.02 Å². The highest BCUT2D eigenvalue weighted by Crippen LogP contribution is 2.17. The largest absolute Gasteiger partial charge is 0.339 e. The SMILES string of the molecule is CCN(Cc1ccccc1Cl)C(=O)CCNC.Cl. The lowest BCUT2D eigenvalue weighted by molar-refractivity contribution is -0.131. The van der Waals surface area contributed by atoms with E-state index in [1.165, 1.54) is 0 Å². The number of hydrogen-bond donors (Lipinski definition) is 1. The van der Waals surface area contributed by atoms with E-state index in [1.54, 1.807) is 0 Å². The number of carbonyl (C=O) groups excluding carboxylic acids is 1. The van der Waals surface area contributed by atoms with E-state index in [-0.39, 0.29) is 18.3 Å². The van der Waals surface area contributed by atoms with Gasteiger partial charge in [0.1, 0.15) is 0 Å². The van der Waals surface area contributed by atoms with Gasteiger partial charge in [-0.2, -0.15) is 0 Å². The predicted octanol–water partition coefficient (Wildman–Crippen LogP) is 2.72. The summed E-state index contributed by atoms with van der Waals surface area (Å²) in [7, 11) is 1.84. The first kappa shape index (κ1) is 17.2. The van der Waals surface area contributed by atoms with Gasteiger partial charge in [-0.1, -0.05) is 29.8 Å². The lowest BCUT2D eigenvalue weighted by Crippen LogP contribution is -2.32. The fraction of sp³-hybridized carbons (Fsp3) is 0.462. The fourth-order valence-electron chi connectivity index (χ4n) is 1.60. The second-order valence-electron chi connectivity index (χ2n) is 3.85. The number of rotatable bonds is 6. The van der Waals surface area contributed by atoms with Gasteiger partial charge in [-0.3, -0.25) is 4.79 Å². The average Bonchev–Trinajstić information content (AvgIpc) is 2.35. The summed E-state index contributed by atoms with van der Waals surface area (Å²) in [5, 5.41) is 3.69. The van der Waals surface area contributed by atoms with E-state index in [0.29, 0.717) is 31.1 Å². The number of halogens is 2. The number of carbonyl (C=O) groups is 1. The number of benzene rings is 1. The molecule has 0 aliphatic carbocycles. The molecule has 1 aromatic carbocycles. The molecule has 0 heterocycles. The summed E-state index contributed by atoms with van der Waals surface area (Å²) >= 11 is 6.08. The smallest absolute Gasteiger partial charge is 0.224 e. The molecule has 0 atom stereocenters. The van der Waals surface area contributed by atoms with Gasteiger partial charge < -0.3 is 10.2 Å². The Labute approximate surface area is 120 Å². The summed E-state index contributed by atoms with van der Waals surface area (Å²) < 4.78 is 0. The van der Waals surface area contributed by atoms with Crippen LogP contribution in [0.3, 0.4) is 0 Å². The molecule has 0 saturated heterocycles. The molecule has 1 aromatic rings. The lowest BCUT2D eigenvalue weighted by atomic mass is 10.2. The van der Waals surface area contributed by atoms with Crippen molar-refractivity contribution >= 4 is 29.9 Å². The van der Waals surface area contributed by atoms with E-state index in [1.807, 2.05) is 43.1 Å². The highest BCUT2D eigenvalue weighted by atomic mass is 35.5.